The zero-order valence-corrected chi connectivity index (χ0v) is 17.4. The number of benzene rings is 2. The number of carbonyl (C=O) groups excluding carboxylic acids is 2. The average Bonchev–Trinajstić information content (AvgIpc) is 3.02. The van der Waals surface area contributed by atoms with Crippen molar-refractivity contribution in [1.29, 1.82) is 0 Å². The van der Waals surface area contributed by atoms with Crippen LogP contribution in [0.2, 0.25) is 5.22 Å². The van der Waals surface area contributed by atoms with E-state index in [0.717, 1.165) is 5.39 Å². The topological polar surface area (TPSA) is 127 Å². The highest BCUT2D eigenvalue weighted by molar-refractivity contribution is 6.33. The van der Waals surface area contributed by atoms with Crippen molar-refractivity contribution in [2.45, 2.75) is 0 Å². The molecule has 0 aliphatic heterocycles. The Labute approximate surface area is 178 Å². The largest absolute Gasteiger partial charge is 0.444 e. The number of para-hydroxylation sites is 1. The third kappa shape index (κ3) is 4.79. The number of likely N-dealkylation sites (N-methyl/N-ethyl adjacent to an activating group) is 1. The Hall–Kier alpha value is -3.36. The van der Waals surface area contributed by atoms with Gasteiger partial charge in [-0.15, -0.1) is 0 Å². The van der Waals surface area contributed by atoms with Crippen molar-refractivity contribution in [2.24, 2.45) is 16.5 Å². The van der Waals surface area contributed by atoms with Crippen molar-refractivity contribution in [1.82, 2.24) is 10.2 Å². The molecule has 2 amide bonds. The molecular weight excluding hydrogens is 406 g/mol. The van der Waals surface area contributed by atoms with Gasteiger partial charge in [-0.3, -0.25) is 9.59 Å². The number of fused-ring (bicyclic) bond motifs is 1. The van der Waals surface area contributed by atoms with Crippen LogP contribution in [0.1, 0.15) is 20.7 Å². The summed E-state index contributed by atoms with van der Waals surface area (Å²) in [5, 5.41) is 3.74. The Morgan fingerprint density at radius 1 is 1.13 bits per heavy atom. The summed E-state index contributed by atoms with van der Waals surface area (Å²) in [5.41, 5.74) is 12.8. The van der Waals surface area contributed by atoms with Gasteiger partial charge < -0.3 is 26.1 Å². The van der Waals surface area contributed by atoms with Gasteiger partial charge in [0.15, 0.2) is 5.96 Å². The van der Waals surface area contributed by atoms with Gasteiger partial charge in [-0.25, -0.2) is 0 Å². The van der Waals surface area contributed by atoms with E-state index in [1.165, 1.54) is 6.07 Å². The second-order valence-corrected chi connectivity index (χ2v) is 7.29. The minimum atomic E-state index is -0.664. The summed E-state index contributed by atoms with van der Waals surface area (Å²) in [6.45, 7) is 1.12. The Morgan fingerprint density at radius 2 is 1.83 bits per heavy atom. The molecular formula is C21H22ClN5O3. The summed E-state index contributed by atoms with van der Waals surface area (Å²) in [6.07, 6.45) is 0. The van der Waals surface area contributed by atoms with E-state index in [1.807, 2.05) is 37.2 Å². The number of furan rings is 1. The van der Waals surface area contributed by atoms with Gasteiger partial charge >= 0.3 is 0 Å². The fourth-order valence-electron chi connectivity index (χ4n) is 2.99. The summed E-state index contributed by atoms with van der Waals surface area (Å²) < 4.78 is 5.62. The maximum absolute atomic E-state index is 12.7. The first-order chi connectivity index (χ1) is 14.3. The van der Waals surface area contributed by atoms with Crippen molar-refractivity contribution in [3.05, 3.63) is 58.8 Å². The van der Waals surface area contributed by atoms with Gasteiger partial charge in [0.05, 0.1) is 0 Å². The van der Waals surface area contributed by atoms with E-state index >= 15 is 0 Å². The average molecular weight is 428 g/mol. The fraction of sp³-hybridized carbons (Fsp3) is 0.190. The molecule has 30 heavy (non-hydrogen) atoms. The molecule has 0 aliphatic rings. The first kappa shape index (κ1) is 21.4. The molecule has 0 aliphatic carbocycles. The molecule has 0 radical (unpaired) electrons. The molecule has 8 nitrogen and oxygen atoms in total. The number of hydrogen-bond donors (Lipinski definition) is 3. The molecule has 1 heterocycles. The number of rotatable bonds is 6. The monoisotopic (exact) mass is 427 g/mol. The number of nitrogens with zero attached hydrogens (tertiary/aromatic N) is 2. The lowest BCUT2D eigenvalue weighted by atomic mass is 9.98. The van der Waals surface area contributed by atoms with Gasteiger partial charge in [-0.2, -0.15) is 4.99 Å². The van der Waals surface area contributed by atoms with Gasteiger partial charge in [0.25, 0.3) is 11.8 Å². The van der Waals surface area contributed by atoms with E-state index in [-0.39, 0.29) is 28.2 Å². The Kier molecular flexibility index (Phi) is 6.39. The van der Waals surface area contributed by atoms with Crippen molar-refractivity contribution < 1.29 is 14.0 Å². The van der Waals surface area contributed by atoms with Crippen molar-refractivity contribution in [3.8, 4) is 11.1 Å². The second kappa shape index (κ2) is 8.98. The number of nitrogens with two attached hydrogens (primary N) is 2. The van der Waals surface area contributed by atoms with Crippen LogP contribution in [-0.4, -0.2) is 49.9 Å². The predicted molar refractivity (Wildman–Crippen MR) is 118 cm³/mol. The Morgan fingerprint density at radius 3 is 2.53 bits per heavy atom. The van der Waals surface area contributed by atoms with Crippen LogP contribution < -0.4 is 16.8 Å². The van der Waals surface area contributed by atoms with Crippen molar-refractivity contribution in [3.63, 3.8) is 0 Å². The standard InChI is InChI=1S/C21H22ClN5O3/c1-27(2)8-7-25-19(28)13-9-12(10-14(11-13)20(29)26-21(23)24)17-15-5-3-4-6-16(15)30-18(17)22/h3-6,9-11H,7-8H2,1-2H3,(H,25,28)(H4,23,24,26,29). The van der Waals surface area contributed by atoms with E-state index in [0.29, 0.717) is 29.8 Å². The van der Waals surface area contributed by atoms with E-state index in [4.69, 9.17) is 27.5 Å². The van der Waals surface area contributed by atoms with E-state index in [1.54, 1.807) is 18.2 Å². The highest BCUT2D eigenvalue weighted by Gasteiger charge is 2.19. The molecule has 0 bridgehead atoms. The highest BCUT2D eigenvalue weighted by atomic mass is 35.5. The molecule has 0 spiro atoms. The van der Waals surface area contributed by atoms with Crippen LogP contribution in [0.25, 0.3) is 22.1 Å². The maximum atomic E-state index is 12.7. The molecule has 0 saturated carbocycles. The van der Waals surface area contributed by atoms with Gasteiger partial charge in [0.2, 0.25) is 5.22 Å². The lowest BCUT2D eigenvalue weighted by Gasteiger charge is -2.12. The Balaban J connectivity index is 2.10. The van der Waals surface area contributed by atoms with Crippen LogP contribution >= 0.6 is 11.6 Å². The van der Waals surface area contributed by atoms with Gasteiger partial charge in [0.1, 0.15) is 5.58 Å². The highest BCUT2D eigenvalue weighted by Crippen LogP contribution is 2.38. The molecule has 2 aromatic carbocycles. The van der Waals surface area contributed by atoms with Crippen LogP contribution in [0.4, 0.5) is 0 Å². The van der Waals surface area contributed by atoms with Crippen LogP contribution in [-0.2, 0) is 0 Å². The molecule has 0 saturated heterocycles. The summed E-state index contributed by atoms with van der Waals surface area (Å²) in [5.74, 6) is -1.36. The van der Waals surface area contributed by atoms with E-state index in [9.17, 15) is 9.59 Å². The third-order valence-corrected chi connectivity index (χ3v) is 4.62. The third-order valence-electron chi connectivity index (χ3n) is 4.36. The van der Waals surface area contributed by atoms with Crippen LogP contribution in [0.5, 0.6) is 0 Å². The number of halogens is 1. The maximum Gasteiger partial charge on any atom is 0.280 e. The van der Waals surface area contributed by atoms with E-state index < -0.39 is 5.91 Å². The Bertz CT molecular complexity index is 1130. The molecule has 5 N–H and O–H groups in total. The number of carbonyl (C=O) groups is 2. The van der Waals surface area contributed by atoms with Gasteiger partial charge in [-0.1, -0.05) is 18.2 Å². The molecule has 9 heteroatoms. The molecule has 3 aromatic rings. The molecule has 0 atom stereocenters. The zero-order valence-electron chi connectivity index (χ0n) is 16.6. The van der Waals surface area contributed by atoms with Gasteiger partial charge in [-0.05, 0) is 55.5 Å². The smallest absolute Gasteiger partial charge is 0.280 e. The van der Waals surface area contributed by atoms with E-state index in [2.05, 4.69) is 10.3 Å². The second-order valence-electron chi connectivity index (χ2n) is 6.95. The predicted octanol–water partition coefficient (Wildman–Crippen LogP) is 2.46. The molecule has 3 rings (SSSR count). The molecule has 0 unspecified atom stereocenters. The molecule has 0 fully saturated rings. The SMILES string of the molecule is CN(C)CCNC(=O)c1cc(C(=O)N=C(N)N)cc(-c2c(Cl)oc3ccccc23)c1. The normalized spacial score (nSPS) is 10.9. The van der Waals surface area contributed by atoms with Crippen LogP contribution in [0, 0.1) is 0 Å². The summed E-state index contributed by atoms with van der Waals surface area (Å²) in [6, 6.07) is 12.0. The summed E-state index contributed by atoms with van der Waals surface area (Å²) in [4.78, 5) is 30.7. The summed E-state index contributed by atoms with van der Waals surface area (Å²) >= 11 is 6.34. The van der Waals surface area contributed by atoms with Crippen LogP contribution in [0.3, 0.4) is 0 Å². The zero-order chi connectivity index (χ0) is 21.8. The number of nitrogens with one attached hydrogen (secondary N) is 1. The number of hydrogen-bond acceptors (Lipinski definition) is 4. The first-order valence-corrected chi connectivity index (χ1v) is 9.53. The van der Waals surface area contributed by atoms with Crippen LogP contribution in [0.15, 0.2) is 51.9 Å². The minimum Gasteiger partial charge on any atom is -0.444 e. The molecule has 1 aromatic heterocycles. The number of guanidine groups is 1. The van der Waals surface area contributed by atoms with Crippen molar-refractivity contribution in [2.75, 3.05) is 27.2 Å². The van der Waals surface area contributed by atoms with Gasteiger partial charge in [0, 0.05) is 35.2 Å². The lowest BCUT2D eigenvalue weighted by molar-refractivity contribution is 0.0951. The quantitative estimate of drug-likeness (QED) is 0.409. The van der Waals surface area contributed by atoms with Crippen molar-refractivity contribution >= 4 is 40.3 Å². The first-order valence-electron chi connectivity index (χ1n) is 9.15. The minimum absolute atomic E-state index is 0.153. The lowest BCUT2D eigenvalue weighted by Crippen LogP contribution is -2.31. The number of aliphatic imine (C=N–C) groups is 1. The fourth-order valence-corrected chi connectivity index (χ4v) is 3.28. The summed E-state index contributed by atoms with van der Waals surface area (Å²) in [7, 11) is 3.82. The molecule has 156 valence electrons. The number of amides is 2.